The minimum absolute atomic E-state index is 0.0600. The number of aromatic nitrogens is 1. The standard InChI is InChI=1S/C14H21ClN2/c1-14(2,3)11-7-8-12(16-13(11)15)17-9-5-4-6-10-17/h7-8H,4-6,9-10H2,1-3H3. The molecular formula is C14H21ClN2. The summed E-state index contributed by atoms with van der Waals surface area (Å²) < 4.78 is 0. The molecule has 0 atom stereocenters. The Labute approximate surface area is 109 Å². The van der Waals surface area contributed by atoms with Gasteiger partial charge in [0.05, 0.1) is 0 Å². The van der Waals surface area contributed by atoms with Crippen LogP contribution >= 0.6 is 11.6 Å². The van der Waals surface area contributed by atoms with Crippen LogP contribution in [0.1, 0.15) is 45.6 Å². The van der Waals surface area contributed by atoms with Crippen LogP contribution in [0.5, 0.6) is 0 Å². The summed E-state index contributed by atoms with van der Waals surface area (Å²) in [5, 5.41) is 0.653. The molecule has 1 aliphatic heterocycles. The third-order valence-electron chi connectivity index (χ3n) is 3.32. The molecule has 2 rings (SSSR count). The maximum atomic E-state index is 6.30. The van der Waals surface area contributed by atoms with Gasteiger partial charge in [0.25, 0.3) is 0 Å². The summed E-state index contributed by atoms with van der Waals surface area (Å²) in [6.07, 6.45) is 3.87. The van der Waals surface area contributed by atoms with Crippen LogP contribution in [0.3, 0.4) is 0 Å². The molecule has 1 aromatic rings. The van der Waals surface area contributed by atoms with Crippen LogP contribution in [0, 0.1) is 0 Å². The Morgan fingerprint density at radius 1 is 1.12 bits per heavy atom. The van der Waals surface area contributed by atoms with E-state index in [0.717, 1.165) is 24.5 Å². The highest BCUT2D eigenvalue weighted by Gasteiger charge is 2.20. The average molecular weight is 253 g/mol. The van der Waals surface area contributed by atoms with Gasteiger partial charge < -0.3 is 4.90 Å². The molecule has 0 N–H and O–H groups in total. The number of nitrogens with zero attached hydrogens (tertiary/aromatic N) is 2. The zero-order chi connectivity index (χ0) is 12.5. The normalized spacial score (nSPS) is 17.3. The molecule has 17 heavy (non-hydrogen) atoms. The third-order valence-corrected chi connectivity index (χ3v) is 3.61. The largest absolute Gasteiger partial charge is 0.357 e. The van der Waals surface area contributed by atoms with Crippen molar-refractivity contribution in [3.63, 3.8) is 0 Å². The van der Waals surface area contributed by atoms with E-state index >= 15 is 0 Å². The van der Waals surface area contributed by atoms with E-state index in [4.69, 9.17) is 11.6 Å². The lowest BCUT2D eigenvalue weighted by molar-refractivity contribution is 0.569. The Morgan fingerprint density at radius 3 is 2.29 bits per heavy atom. The first-order valence-corrected chi connectivity index (χ1v) is 6.78. The Hall–Kier alpha value is -0.760. The van der Waals surface area contributed by atoms with Gasteiger partial charge in [-0.15, -0.1) is 0 Å². The molecule has 0 unspecified atom stereocenters. The van der Waals surface area contributed by atoms with Crippen LogP contribution in [-0.4, -0.2) is 18.1 Å². The number of pyridine rings is 1. The SMILES string of the molecule is CC(C)(C)c1ccc(N2CCCCC2)nc1Cl. The van der Waals surface area contributed by atoms with Crippen LogP contribution < -0.4 is 4.90 Å². The van der Waals surface area contributed by atoms with Crippen LogP contribution in [-0.2, 0) is 5.41 Å². The molecule has 2 heterocycles. The molecule has 1 aliphatic rings. The predicted molar refractivity (Wildman–Crippen MR) is 74.0 cm³/mol. The average Bonchev–Trinajstić information content (AvgIpc) is 2.28. The lowest BCUT2D eigenvalue weighted by atomic mass is 9.88. The van der Waals surface area contributed by atoms with Crippen molar-refractivity contribution in [3.05, 3.63) is 22.8 Å². The van der Waals surface area contributed by atoms with Gasteiger partial charge in [-0.3, -0.25) is 0 Å². The van der Waals surface area contributed by atoms with Crippen LogP contribution in [0.15, 0.2) is 12.1 Å². The lowest BCUT2D eigenvalue weighted by Crippen LogP contribution is -2.30. The van der Waals surface area contributed by atoms with Gasteiger partial charge in [-0.2, -0.15) is 0 Å². The van der Waals surface area contributed by atoms with Gasteiger partial charge >= 0.3 is 0 Å². The number of hydrogen-bond acceptors (Lipinski definition) is 2. The van der Waals surface area contributed by atoms with E-state index in [0.29, 0.717) is 5.15 Å². The topological polar surface area (TPSA) is 16.1 Å². The highest BCUT2D eigenvalue weighted by molar-refractivity contribution is 6.30. The molecule has 94 valence electrons. The second kappa shape index (κ2) is 4.85. The summed E-state index contributed by atoms with van der Waals surface area (Å²) in [7, 11) is 0. The minimum Gasteiger partial charge on any atom is -0.357 e. The molecule has 3 heteroatoms. The number of rotatable bonds is 1. The van der Waals surface area contributed by atoms with E-state index in [1.54, 1.807) is 0 Å². The van der Waals surface area contributed by atoms with Crippen molar-refractivity contribution in [2.75, 3.05) is 18.0 Å². The van der Waals surface area contributed by atoms with Gasteiger partial charge in [-0.25, -0.2) is 4.98 Å². The van der Waals surface area contributed by atoms with E-state index in [2.05, 4.69) is 42.8 Å². The van der Waals surface area contributed by atoms with Gasteiger partial charge in [0, 0.05) is 13.1 Å². The molecule has 1 fully saturated rings. The van der Waals surface area contributed by atoms with Gasteiger partial charge in [0.2, 0.25) is 0 Å². The summed E-state index contributed by atoms with van der Waals surface area (Å²) in [5.74, 6) is 1.03. The van der Waals surface area contributed by atoms with Gasteiger partial charge in [0.1, 0.15) is 11.0 Å². The zero-order valence-electron chi connectivity index (χ0n) is 11.0. The zero-order valence-corrected chi connectivity index (χ0v) is 11.7. The van der Waals surface area contributed by atoms with Crippen LogP contribution in [0.4, 0.5) is 5.82 Å². The number of halogens is 1. The molecule has 0 aliphatic carbocycles. The van der Waals surface area contributed by atoms with Crippen molar-refractivity contribution in [2.45, 2.75) is 45.4 Å². The first-order valence-electron chi connectivity index (χ1n) is 6.40. The molecular weight excluding hydrogens is 232 g/mol. The highest BCUT2D eigenvalue weighted by Crippen LogP contribution is 2.30. The van der Waals surface area contributed by atoms with Crippen molar-refractivity contribution in [1.29, 1.82) is 0 Å². The minimum atomic E-state index is 0.0600. The fraction of sp³-hybridized carbons (Fsp3) is 0.643. The van der Waals surface area contributed by atoms with Crippen LogP contribution in [0.25, 0.3) is 0 Å². The fourth-order valence-corrected chi connectivity index (χ4v) is 2.72. The number of piperidine rings is 1. The molecule has 0 aromatic carbocycles. The lowest BCUT2D eigenvalue weighted by Gasteiger charge is -2.29. The predicted octanol–water partition coefficient (Wildman–Crippen LogP) is 4.02. The molecule has 0 spiro atoms. The monoisotopic (exact) mass is 252 g/mol. The van der Waals surface area contributed by atoms with E-state index in [1.807, 2.05) is 0 Å². The Bertz CT molecular complexity index is 390. The van der Waals surface area contributed by atoms with Crippen LogP contribution in [0.2, 0.25) is 5.15 Å². The molecule has 0 amide bonds. The summed E-state index contributed by atoms with van der Waals surface area (Å²) in [4.78, 5) is 6.89. The highest BCUT2D eigenvalue weighted by atomic mass is 35.5. The Balaban J connectivity index is 2.24. The van der Waals surface area contributed by atoms with Crippen molar-refractivity contribution in [3.8, 4) is 0 Å². The summed E-state index contributed by atoms with van der Waals surface area (Å²) in [6, 6.07) is 4.23. The summed E-state index contributed by atoms with van der Waals surface area (Å²) in [6.45, 7) is 8.71. The van der Waals surface area contributed by atoms with Crippen molar-refractivity contribution < 1.29 is 0 Å². The molecule has 1 aromatic heterocycles. The second-order valence-electron chi connectivity index (χ2n) is 5.81. The van der Waals surface area contributed by atoms with E-state index < -0.39 is 0 Å². The summed E-state index contributed by atoms with van der Waals surface area (Å²) >= 11 is 6.30. The van der Waals surface area contributed by atoms with E-state index in [-0.39, 0.29) is 5.41 Å². The smallest absolute Gasteiger partial charge is 0.135 e. The van der Waals surface area contributed by atoms with Gasteiger partial charge in [0.15, 0.2) is 0 Å². The molecule has 0 saturated carbocycles. The van der Waals surface area contributed by atoms with Crippen molar-refractivity contribution >= 4 is 17.4 Å². The van der Waals surface area contributed by atoms with Crippen molar-refractivity contribution in [2.24, 2.45) is 0 Å². The van der Waals surface area contributed by atoms with E-state index in [1.165, 1.54) is 19.3 Å². The second-order valence-corrected chi connectivity index (χ2v) is 6.16. The molecule has 1 saturated heterocycles. The number of anilines is 1. The third kappa shape index (κ3) is 2.92. The van der Waals surface area contributed by atoms with Gasteiger partial charge in [-0.05, 0) is 36.3 Å². The quantitative estimate of drug-likeness (QED) is 0.702. The Morgan fingerprint density at radius 2 is 1.76 bits per heavy atom. The molecule has 0 bridgehead atoms. The first-order chi connectivity index (χ1) is 7.98. The summed E-state index contributed by atoms with van der Waals surface area (Å²) in [5.41, 5.74) is 1.18. The molecule has 2 nitrogen and oxygen atoms in total. The molecule has 0 radical (unpaired) electrons. The number of hydrogen-bond donors (Lipinski definition) is 0. The van der Waals surface area contributed by atoms with E-state index in [9.17, 15) is 0 Å². The Kier molecular flexibility index (Phi) is 3.62. The maximum absolute atomic E-state index is 6.30. The van der Waals surface area contributed by atoms with Gasteiger partial charge in [-0.1, -0.05) is 38.4 Å². The first kappa shape index (κ1) is 12.7. The van der Waals surface area contributed by atoms with Crippen molar-refractivity contribution in [1.82, 2.24) is 4.98 Å². The maximum Gasteiger partial charge on any atom is 0.135 e. The fourth-order valence-electron chi connectivity index (χ4n) is 2.28.